The van der Waals surface area contributed by atoms with Crippen LogP contribution in [0.1, 0.15) is 32.1 Å². The molecule has 3 aliphatic heterocycles. The summed E-state index contributed by atoms with van der Waals surface area (Å²) >= 11 is 0. The Hall–Kier alpha value is -2.30. The summed E-state index contributed by atoms with van der Waals surface area (Å²) in [6, 6.07) is 2.49. The summed E-state index contributed by atoms with van der Waals surface area (Å²) in [6.07, 6.45) is 2.98. The predicted molar refractivity (Wildman–Crippen MR) is 118 cm³/mol. The number of benzene rings is 1. The molecule has 0 radical (unpaired) electrons. The molecule has 10 heteroatoms. The van der Waals surface area contributed by atoms with Gasteiger partial charge in [0.15, 0.2) is 0 Å². The molecule has 3 N–H and O–H groups in total. The largest absolute Gasteiger partial charge is 0.367 e. The van der Waals surface area contributed by atoms with Gasteiger partial charge in [0, 0.05) is 70.3 Å². The van der Waals surface area contributed by atoms with E-state index in [2.05, 4.69) is 15.2 Å². The third kappa shape index (κ3) is 5.36. The summed E-state index contributed by atoms with van der Waals surface area (Å²) in [6.45, 7) is 6.83. The molecule has 3 heterocycles. The molecule has 32 heavy (non-hydrogen) atoms. The second-order valence-electron chi connectivity index (χ2n) is 8.88. The number of carbonyl (C=O) groups is 2. The van der Waals surface area contributed by atoms with Crippen molar-refractivity contribution in [1.29, 1.82) is 0 Å². The zero-order valence-corrected chi connectivity index (χ0v) is 18.4. The van der Waals surface area contributed by atoms with Crippen LogP contribution in [-0.4, -0.2) is 85.0 Å². The van der Waals surface area contributed by atoms with E-state index in [9.17, 15) is 18.4 Å². The molecule has 1 aromatic rings. The van der Waals surface area contributed by atoms with Crippen molar-refractivity contribution < 1.29 is 18.4 Å². The van der Waals surface area contributed by atoms with Gasteiger partial charge in [-0.2, -0.15) is 5.01 Å². The normalized spacial score (nSPS) is 22.0. The number of piperidine rings is 2. The average molecular weight is 451 g/mol. The summed E-state index contributed by atoms with van der Waals surface area (Å²) < 4.78 is 29.5. The van der Waals surface area contributed by atoms with E-state index in [1.165, 1.54) is 0 Å². The van der Waals surface area contributed by atoms with E-state index in [1.807, 2.05) is 4.90 Å². The van der Waals surface area contributed by atoms with Crippen LogP contribution in [0.2, 0.25) is 0 Å². The van der Waals surface area contributed by atoms with Crippen LogP contribution < -0.4 is 16.1 Å². The highest BCUT2D eigenvalue weighted by molar-refractivity contribution is 5.98. The fourth-order valence-electron chi connectivity index (χ4n) is 4.53. The number of nitrogens with two attached hydrogens (primary N) is 1. The Bertz CT molecular complexity index is 822. The maximum Gasteiger partial charge on any atom is 0.248 e. The number of piperazine rings is 1. The van der Waals surface area contributed by atoms with E-state index < -0.39 is 23.4 Å². The van der Waals surface area contributed by atoms with Gasteiger partial charge in [-0.15, -0.1) is 0 Å². The number of hydrazine groups is 1. The van der Waals surface area contributed by atoms with E-state index in [0.717, 1.165) is 69.3 Å². The van der Waals surface area contributed by atoms with Gasteiger partial charge in [0.05, 0.1) is 11.4 Å². The molecule has 0 aliphatic carbocycles. The molecule has 0 saturated carbocycles. The number of amides is 2. The zero-order valence-electron chi connectivity index (χ0n) is 18.4. The first kappa shape index (κ1) is 22.9. The van der Waals surface area contributed by atoms with E-state index in [0.29, 0.717) is 25.6 Å². The highest BCUT2D eigenvalue weighted by Gasteiger charge is 2.28. The maximum absolute atomic E-state index is 14.8. The molecule has 3 saturated heterocycles. The second kappa shape index (κ2) is 10.1. The molecule has 176 valence electrons. The molecule has 0 atom stereocenters. The standard InChI is InChI=1S/C22H32F2N6O2/c23-17-15-20(18(24)14-19(17)26-30-21(31)2-1-3-22(30)32)29-12-10-28(11-13-29)9-8-27-6-4-16(25)5-7-27/h14-16,26H,1-13,25H2. The third-order valence-corrected chi connectivity index (χ3v) is 6.63. The Morgan fingerprint density at radius 3 is 2.09 bits per heavy atom. The summed E-state index contributed by atoms with van der Waals surface area (Å²) in [5.74, 6) is -2.15. The SMILES string of the molecule is NC1CCN(CCN2CCN(c3cc(F)c(NN4C(=O)CCCC4=O)cc3F)CC2)CC1. The molecule has 4 rings (SSSR count). The van der Waals surface area contributed by atoms with Gasteiger partial charge in [-0.1, -0.05) is 0 Å². The van der Waals surface area contributed by atoms with Crippen LogP contribution in [-0.2, 0) is 9.59 Å². The van der Waals surface area contributed by atoms with Crippen LogP contribution in [0.5, 0.6) is 0 Å². The van der Waals surface area contributed by atoms with Crippen LogP contribution in [0.3, 0.4) is 0 Å². The lowest BCUT2D eigenvalue weighted by Gasteiger charge is -2.38. The van der Waals surface area contributed by atoms with Crippen LogP contribution in [0.15, 0.2) is 12.1 Å². The number of nitrogens with one attached hydrogen (secondary N) is 1. The number of nitrogens with zero attached hydrogens (tertiary/aromatic N) is 4. The molecule has 1 aromatic carbocycles. The number of likely N-dealkylation sites (tertiary alicyclic amines) is 1. The third-order valence-electron chi connectivity index (χ3n) is 6.63. The molecular formula is C22H32F2N6O2. The van der Waals surface area contributed by atoms with Crippen molar-refractivity contribution in [3.05, 3.63) is 23.8 Å². The average Bonchev–Trinajstić information content (AvgIpc) is 2.78. The Kier molecular flexibility index (Phi) is 7.22. The monoisotopic (exact) mass is 450 g/mol. The minimum Gasteiger partial charge on any atom is -0.367 e. The van der Waals surface area contributed by atoms with E-state index in [-0.39, 0.29) is 24.2 Å². The summed E-state index contributed by atoms with van der Waals surface area (Å²) in [5, 5.41) is 0.788. The fourth-order valence-corrected chi connectivity index (χ4v) is 4.53. The molecule has 8 nitrogen and oxygen atoms in total. The van der Waals surface area contributed by atoms with Gasteiger partial charge in [-0.05, 0) is 32.4 Å². The smallest absolute Gasteiger partial charge is 0.248 e. The molecule has 0 bridgehead atoms. The number of halogens is 2. The Balaban J connectivity index is 1.31. The first-order valence-corrected chi connectivity index (χ1v) is 11.5. The summed E-state index contributed by atoms with van der Waals surface area (Å²) in [5.41, 5.74) is 8.41. The van der Waals surface area contributed by atoms with Crippen LogP contribution in [0.4, 0.5) is 20.2 Å². The van der Waals surface area contributed by atoms with Crippen molar-refractivity contribution in [3.8, 4) is 0 Å². The Morgan fingerprint density at radius 1 is 0.875 bits per heavy atom. The second-order valence-corrected chi connectivity index (χ2v) is 8.88. The molecule has 0 spiro atoms. The van der Waals surface area contributed by atoms with Crippen molar-refractivity contribution in [2.75, 3.05) is 62.7 Å². The summed E-state index contributed by atoms with van der Waals surface area (Å²) in [4.78, 5) is 30.5. The van der Waals surface area contributed by atoms with Crippen molar-refractivity contribution in [1.82, 2.24) is 14.8 Å². The minimum absolute atomic E-state index is 0.203. The number of carbonyl (C=O) groups excluding carboxylic acids is 2. The first-order valence-electron chi connectivity index (χ1n) is 11.5. The molecule has 0 aromatic heterocycles. The quantitative estimate of drug-likeness (QED) is 0.634. The lowest BCUT2D eigenvalue weighted by atomic mass is 10.1. The number of imide groups is 1. The van der Waals surface area contributed by atoms with Crippen LogP contribution in [0, 0.1) is 11.6 Å². The fraction of sp³-hybridized carbons (Fsp3) is 0.636. The van der Waals surface area contributed by atoms with E-state index >= 15 is 0 Å². The molecule has 3 fully saturated rings. The minimum atomic E-state index is -0.696. The van der Waals surface area contributed by atoms with Crippen LogP contribution >= 0.6 is 0 Å². The molecule has 3 aliphatic rings. The number of hydrogen-bond acceptors (Lipinski definition) is 7. The maximum atomic E-state index is 14.8. The van der Waals surface area contributed by atoms with E-state index in [1.54, 1.807) is 0 Å². The number of hydrogen-bond donors (Lipinski definition) is 2. The summed E-state index contributed by atoms with van der Waals surface area (Å²) in [7, 11) is 0. The van der Waals surface area contributed by atoms with Gasteiger partial charge in [-0.25, -0.2) is 8.78 Å². The lowest BCUT2D eigenvalue weighted by molar-refractivity contribution is -0.146. The molecule has 0 unspecified atom stereocenters. The van der Waals surface area contributed by atoms with E-state index in [4.69, 9.17) is 5.73 Å². The van der Waals surface area contributed by atoms with Gasteiger partial charge in [0.25, 0.3) is 0 Å². The number of anilines is 2. The van der Waals surface area contributed by atoms with Crippen LogP contribution in [0.25, 0.3) is 0 Å². The number of rotatable bonds is 6. The van der Waals surface area contributed by atoms with Gasteiger partial charge in [-0.3, -0.25) is 19.9 Å². The molecular weight excluding hydrogens is 418 g/mol. The van der Waals surface area contributed by atoms with Gasteiger partial charge >= 0.3 is 0 Å². The highest BCUT2D eigenvalue weighted by Crippen LogP contribution is 2.28. The topological polar surface area (TPSA) is 85.2 Å². The Morgan fingerprint density at radius 2 is 1.47 bits per heavy atom. The van der Waals surface area contributed by atoms with Crippen molar-refractivity contribution in [3.63, 3.8) is 0 Å². The lowest BCUT2D eigenvalue weighted by Crippen LogP contribution is -2.49. The predicted octanol–water partition coefficient (Wildman–Crippen LogP) is 1.38. The van der Waals surface area contributed by atoms with Gasteiger partial charge in [0.1, 0.15) is 11.6 Å². The van der Waals surface area contributed by atoms with Gasteiger partial charge in [0.2, 0.25) is 11.8 Å². The van der Waals surface area contributed by atoms with Crippen molar-refractivity contribution in [2.24, 2.45) is 5.73 Å². The molecule has 2 amide bonds. The Labute approximate surface area is 187 Å². The van der Waals surface area contributed by atoms with Crippen molar-refractivity contribution >= 4 is 23.2 Å². The van der Waals surface area contributed by atoms with Gasteiger partial charge < -0.3 is 15.5 Å². The van der Waals surface area contributed by atoms with Crippen molar-refractivity contribution in [2.45, 2.75) is 38.1 Å². The zero-order chi connectivity index (χ0) is 22.7. The highest BCUT2D eigenvalue weighted by atomic mass is 19.1. The first-order chi connectivity index (χ1) is 15.4.